The fraction of sp³-hybridized carbons (Fsp3) is 0.462. The molecule has 2 unspecified atom stereocenters. The molecule has 1 aliphatic rings. The second-order valence-corrected chi connectivity index (χ2v) is 10.2. The van der Waals surface area contributed by atoms with Crippen LogP contribution in [0.2, 0.25) is 5.02 Å². The topological polar surface area (TPSA) is 92.4 Å². The van der Waals surface area contributed by atoms with E-state index in [0.717, 1.165) is 18.4 Å². The molecule has 0 saturated heterocycles. The van der Waals surface area contributed by atoms with Crippen LogP contribution in [0.15, 0.2) is 48.5 Å². The first-order chi connectivity index (χ1) is 15.1. The van der Waals surface area contributed by atoms with Gasteiger partial charge in [-0.3, -0.25) is 9.59 Å². The van der Waals surface area contributed by atoms with Crippen molar-refractivity contribution in [2.24, 2.45) is 17.1 Å². The fourth-order valence-electron chi connectivity index (χ4n) is 4.53. The lowest BCUT2D eigenvalue weighted by molar-refractivity contribution is -0.138. The molecule has 1 aliphatic carbocycles. The lowest BCUT2D eigenvalue weighted by Gasteiger charge is -2.38. The van der Waals surface area contributed by atoms with E-state index < -0.39 is 12.0 Å². The van der Waals surface area contributed by atoms with E-state index in [4.69, 9.17) is 22.4 Å². The molecule has 4 N–H and O–H groups in total. The lowest BCUT2D eigenvalue weighted by Crippen LogP contribution is -2.34. The number of carbonyl (C=O) groups excluding carboxylic acids is 1. The van der Waals surface area contributed by atoms with E-state index in [0.29, 0.717) is 28.5 Å². The van der Waals surface area contributed by atoms with Crippen molar-refractivity contribution in [1.29, 1.82) is 0 Å². The Kier molecular flexibility index (Phi) is 7.96. The maximum Gasteiger partial charge on any atom is 0.320 e. The molecule has 5 nitrogen and oxygen atoms in total. The van der Waals surface area contributed by atoms with Crippen LogP contribution in [0.5, 0.6) is 0 Å². The third-order valence-corrected chi connectivity index (χ3v) is 6.97. The molecule has 2 atom stereocenters. The van der Waals surface area contributed by atoms with E-state index in [-0.39, 0.29) is 18.2 Å². The molecule has 1 fully saturated rings. The van der Waals surface area contributed by atoms with Gasteiger partial charge in [0, 0.05) is 23.0 Å². The molecule has 0 spiro atoms. The molecule has 1 saturated carbocycles. The van der Waals surface area contributed by atoms with Crippen LogP contribution in [0, 0.1) is 11.3 Å². The Labute approximate surface area is 195 Å². The van der Waals surface area contributed by atoms with Crippen molar-refractivity contribution in [2.45, 2.75) is 57.9 Å². The number of nitrogens with two attached hydrogens (primary N) is 1. The number of carboxylic acid groups (broad SMARTS) is 1. The number of amides is 1. The summed E-state index contributed by atoms with van der Waals surface area (Å²) in [5.74, 6) is -0.412. The second kappa shape index (κ2) is 10.5. The summed E-state index contributed by atoms with van der Waals surface area (Å²) >= 11 is 6.10. The van der Waals surface area contributed by atoms with Crippen LogP contribution in [0.4, 0.5) is 0 Å². The molecular formula is C26H33ClN2O3. The molecule has 0 aromatic heterocycles. The van der Waals surface area contributed by atoms with E-state index in [1.165, 1.54) is 18.4 Å². The zero-order chi connectivity index (χ0) is 23.3. The number of aliphatic carboxylic acids is 1. The number of nitrogens with one attached hydrogen (secondary N) is 1. The zero-order valence-electron chi connectivity index (χ0n) is 18.8. The number of carbonyl (C=O) groups is 2. The summed E-state index contributed by atoms with van der Waals surface area (Å²) in [5, 5.41) is 12.8. The van der Waals surface area contributed by atoms with Crippen LogP contribution in [0.3, 0.4) is 0 Å². The second-order valence-electron chi connectivity index (χ2n) is 9.72. The first-order valence-electron chi connectivity index (χ1n) is 11.3. The predicted octanol–water partition coefficient (Wildman–Crippen LogP) is 5.02. The summed E-state index contributed by atoms with van der Waals surface area (Å²) in [4.78, 5) is 23.7. The number of hydrogen-bond acceptors (Lipinski definition) is 3. The maximum absolute atomic E-state index is 12.8. The average Bonchev–Trinajstić information content (AvgIpc) is 2.76. The Morgan fingerprint density at radius 2 is 1.69 bits per heavy atom. The minimum absolute atomic E-state index is 0.130. The molecule has 3 rings (SSSR count). The van der Waals surface area contributed by atoms with Crippen LogP contribution in [0.25, 0.3) is 0 Å². The minimum Gasteiger partial charge on any atom is -0.480 e. The van der Waals surface area contributed by atoms with E-state index in [1.54, 1.807) is 24.3 Å². The number of carboxylic acids is 1. The van der Waals surface area contributed by atoms with Gasteiger partial charge in [0.05, 0.1) is 0 Å². The molecule has 2 aromatic carbocycles. The van der Waals surface area contributed by atoms with Crippen LogP contribution in [0.1, 0.15) is 66.9 Å². The lowest BCUT2D eigenvalue weighted by atomic mass is 9.68. The van der Waals surface area contributed by atoms with Crippen molar-refractivity contribution >= 4 is 23.5 Å². The molecule has 0 aliphatic heterocycles. The Morgan fingerprint density at radius 1 is 1.09 bits per heavy atom. The highest BCUT2D eigenvalue weighted by molar-refractivity contribution is 6.30. The normalized spacial score (nSPS) is 18.0. The highest BCUT2D eigenvalue weighted by Crippen LogP contribution is 2.43. The van der Waals surface area contributed by atoms with Crippen molar-refractivity contribution in [3.05, 3.63) is 70.2 Å². The summed E-state index contributed by atoms with van der Waals surface area (Å²) in [6, 6.07) is 14.0. The summed E-state index contributed by atoms with van der Waals surface area (Å²) in [5.41, 5.74) is 8.53. The van der Waals surface area contributed by atoms with Gasteiger partial charge in [-0.1, -0.05) is 49.7 Å². The zero-order valence-corrected chi connectivity index (χ0v) is 19.6. The molecular weight excluding hydrogens is 424 g/mol. The molecule has 0 heterocycles. The largest absolute Gasteiger partial charge is 0.480 e. The van der Waals surface area contributed by atoms with Gasteiger partial charge in [-0.05, 0) is 78.8 Å². The van der Waals surface area contributed by atoms with Gasteiger partial charge >= 0.3 is 5.97 Å². The minimum atomic E-state index is -1.04. The van der Waals surface area contributed by atoms with Gasteiger partial charge in [0.25, 0.3) is 5.91 Å². The maximum atomic E-state index is 12.8. The number of hydrogen-bond donors (Lipinski definition) is 3. The predicted molar refractivity (Wildman–Crippen MR) is 128 cm³/mol. The van der Waals surface area contributed by atoms with Crippen LogP contribution < -0.4 is 11.1 Å². The Balaban J connectivity index is 1.66. The van der Waals surface area contributed by atoms with Crippen LogP contribution in [-0.4, -0.2) is 29.6 Å². The molecule has 0 radical (unpaired) electrons. The Bertz CT molecular complexity index is 915. The average molecular weight is 457 g/mol. The highest BCUT2D eigenvalue weighted by atomic mass is 35.5. The van der Waals surface area contributed by atoms with Gasteiger partial charge in [0.2, 0.25) is 0 Å². The first kappa shape index (κ1) is 24.3. The number of rotatable bonds is 8. The van der Waals surface area contributed by atoms with Gasteiger partial charge in [0.1, 0.15) is 6.04 Å². The smallest absolute Gasteiger partial charge is 0.320 e. The summed E-state index contributed by atoms with van der Waals surface area (Å²) in [6.45, 7) is 5.22. The van der Waals surface area contributed by atoms with Gasteiger partial charge in [-0.15, -0.1) is 0 Å². The third-order valence-electron chi connectivity index (χ3n) is 6.72. The van der Waals surface area contributed by atoms with E-state index in [9.17, 15) is 9.59 Å². The quantitative estimate of drug-likeness (QED) is 0.519. The summed E-state index contributed by atoms with van der Waals surface area (Å²) in [6.07, 6.45) is 4.91. The molecule has 6 heteroatoms. The molecule has 1 amide bonds. The van der Waals surface area contributed by atoms with E-state index in [2.05, 4.69) is 31.3 Å². The molecule has 0 bridgehead atoms. The van der Waals surface area contributed by atoms with Crippen molar-refractivity contribution in [3.63, 3.8) is 0 Å². The third kappa shape index (κ3) is 6.57. The van der Waals surface area contributed by atoms with Gasteiger partial charge in [-0.2, -0.15) is 0 Å². The van der Waals surface area contributed by atoms with Crippen molar-refractivity contribution in [2.75, 3.05) is 6.54 Å². The Hall–Kier alpha value is -2.37. The standard InChI is InChI=1S/C26H33ClN2O3/c1-26(2)13-11-19(12-14-26)22(18-7-9-21(27)10-8-18)16-29-24(30)20-5-3-17(4-6-20)15-23(28)25(31)32/h3-10,19,22-23H,11-16,28H2,1-2H3,(H,29,30)(H,31,32). The molecule has 32 heavy (non-hydrogen) atoms. The van der Waals surface area contributed by atoms with E-state index in [1.807, 2.05) is 12.1 Å². The highest BCUT2D eigenvalue weighted by Gasteiger charge is 2.32. The van der Waals surface area contributed by atoms with Gasteiger partial charge in [-0.25, -0.2) is 0 Å². The summed E-state index contributed by atoms with van der Waals surface area (Å²) in [7, 11) is 0. The Morgan fingerprint density at radius 3 is 2.25 bits per heavy atom. The first-order valence-corrected chi connectivity index (χ1v) is 11.6. The van der Waals surface area contributed by atoms with E-state index >= 15 is 0 Å². The van der Waals surface area contributed by atoms with Crippen molar-refractivity contribution in [1.82, 2.24) is 5.32 Å². The fourth-order valence-corrected chi connectivity index (χ4v) is 4.65. The van der Waals surface area contributed by atoms with Gasteiger partial charge < -0.3 is 16.2 Å². The van der Waals surface area contributed by atoms with Crippen molar-refractivity contribution < 1.29 is 14.7 Å². The molecule has 2 aromatic rings. The SMILES string of the molecule is CC1(C)CCC(C(CNC(=O)c2ccc(CC(N)C(=O)O)cc2)c2ccc(Cl)cc2)CC1. The monoisotopic (exact) mass is 456 g/mol. The number of halogens is 1. The molecule has 172 valence electrons. The van der Waals surface area contributed by atoms with Crippen LogP contribution in [-0.2, 0) is 11.2 Å². The number of benzene rings is 2. The summed E-state index contributed by atoms with van der Waals surface area (Å²) < 4.78 is 0. The van der Waals surface area contributed by atoms with Crippen molar-refractivity contribution in [3.8, 4) is 0 Å². The van der Waals surface area contributed by atoms with Gasteiger partial charge in [0.15, 0.2) is 0 Å². The van der Waals surface area contributed by atoms with Crippen LogP contribution >= 0.6 is 11.6 Å².